The van der Waals surface area contributed by atoms with Crippen molar-refractivity contribution in [2.45, 2.75) is 42.2 Å². The third-order valence-electron chi connectivity index (χ3n) is 4.59. The summed E-state index contributed by atoms with van der Waals surface area (Å²) in [6, 6.07) is 6.43. The minimum atomic E-state index is -2.68. The highest BCUT2D eigenvalue weighted by Crippen LogP contribution is 2.30. The van der Waals surface area contributed by atoms with Crippen molar-refractivity contribution in [1.29, 1.82) is 0 Å². The van der Waals surface area contributed by atoms with Crippen molar-refractivity contribution in [2.75, 3.05) is 13.1 Å². The second-order valence-electron chi connectivity index (χ2n) is 6.06. The van der Waals surface area contributed by atoms with Gasteiger partial charge in [-0.2, -0.15) is 0 Å². The Bertz CT molecular complexity index is 585. The first-order valence-corrected chi connectivity index (χ1v) is 9.12. The number of hydrogen-bond donors (Lipinski definition) is 1. The topological polar surface area (TPSA) is 49.4 Å². The van der Waals surface area contributed by atoms with Crippen LogP contribution in [0, 0.1) is 0 Å². The highest BCUT2D eigenvalue weighted by molar-refractivity contribution is 7.86. The summed E-state index contributed by atoms with van der Waals surface area (Å²) >= 11 is 0. The van der Waals surface area contributed by atoms with Crippen molar-refractivity contribution in [3.05, 3.63) is 35.9 Å². The average molecular weight is 342 g/mol. The van der Waals surface area contributed by atoms with Crippen molar-refractivity contribution in [3.8, 4) is 0 Å². The number of carbonyl (C=O) groups excluding carboxylic acids is 1. The van der Waals surface area contributed by atoms with E-state index in [0.717, 1.165) is 12.8 Å². The highest BCUT2D eigenvalue weighted by Gasteiger charge is 2.38. The first-order valence-electron chi connectivity index (χ1n) is 7.84. The van der Waals surface area contributed by atoms with Crippen molar-refractivity contribution >= 4 is 16.8 Å². The quantitative estimate of drug-likeness (QED) is 0.918. The third kappa shape index (κ3) is 3.54. The van der Waals surface area contributed by atoms with Gasteiger partial charge >= 0.3 is 6.03 Å². The maximum Gasteiger partial charge on any atom is 0.318 e. The zero-order valence-electron chi connectivity index (χ0n) is 12.7. The minimum Gasteiger partial charge on any atom is -0.325 e. The van der Waals surface area contributed by atoms with Crippen LogP contribution in [0.5, 0.6) is 0 Å². The molecular formula is C16H20F2N2O2S. The molecule has 2 bridgehead atoms. The number of fused-ring (bicyclic) bond motifs is 2. The van der Waals surface area contributed by atoms with E-state index in [1.165, 1.54) is 0 Å². The molecule has 0 saturated carbocycles. The number of likely N-dealkylation sites (tertiary alicyclic amines) is 1. The smallest absolute Gasteiger partial charge is 0.318 e. The molecule has 7 heteroatoms. The number of alkyl halides is 2. The van der Waals surface area contributed by atoms with Gasteiger partial charge in [0.05, 0.1) is 5.25 Å². The zero-order chi connectivity index (χ0) is 16.4. The van der Waals surface area contributed by atoms with E-state index in [0.29, 0.717) is 25.1 Å². The molecule has 4 nitrogen and oxygen atoms in total. The second kappa shape index (κ2) is 6.95. The van der Waals surface area contributed by atoms with Crippen LogP contribution in [0.4, 0.5) is 13.6 Å². The summed E-state index contributed by atoms with van der Waals surface area (Å²) in [4.78, 5) is 13.9. The molecule has 2 amide bonds. The van der Waals surface area contributed by atoms with Crippen molar-refractivity contribution in [3.63, 3.8) is 0 Å². The number of carbonyl (C=O) groups is 1. The van der Waals surface area contributed by atoms with Crippen LogP contribution in [-0.4, -0.2) is 45.2 Å². The first kappa shape index (κ1) is 16.4. The highest BCUT2D eigenvalue weighted by atomic mass is 32.2. The normalized spacial score (nSPS) is 28.5. The van der Waals surface area contributed by atoms with Crippen LogP contribution < -0.4 is 5.32 Å². The van der Waals surface area contributed by atoms with E-state index in [4.69, 9.17) is 0 Å². The maximum absolute atomic E-state index is 13.3. The molecule has 2 fully saturated rings. The molecule has 0 aliphatic carbocycles. The minimum absolute atomic E-state index is 0.0185. The van der Waals surface area contributed by atoms with Crippen LogP contribution in [0.3, 0.4) is 0 Å². The monoisotopic (exact) mass is 342 g/mol. The lowest BCUT2D eigenvalue weighted by molar-refractivity contribution is 0.0961. The molecule has 1 aromatic carbocycles. The SMILES string of the molecule is O=C(NC(c1ccccc1)C(F)F)N1CCC2CCC(C1)S2=O. The standard InChI is InChI=1S/C16H20F2N2O2S/c17-15(18)14(11-4-2-1-3-5-11)19-16(21)20-9-8-12-6-7-13(10-20)23(12)22/h1-5,12-15H,6-10H2,(H,19,21). The molecule has 2 aliphatic rings. The van der Waals surface area contributed by atoms with E-state index in [1.54, 1.807) is 35.2 Å². The number of nitrogens with zero attached hydrogens (tertiary/aromatic N) is 1. The molecule has 1 N–H and O–H groups in total. The maximum atomic E-state index is 13.3. The molecule has 0 aromatic heterocycles. The fraction of sp³-hybridized carbons (Fsp3) is 0.562. The Hall–Kier alpha value is -1.50. The van der Waals surface area contributed by atoms with E-state index >= 15 is 0 Å². The fourth-order valence-corrected chi connectivity index (χ4v) is 5.25. The predicted octanol–water partition coefficient (Wildman–Crippen LogP) is 2.69. The molecule has 2 saturated heterocycles. The summed E-state index contributed by atoms with van der Waals surface area (Å²) in [7, 11) is -0.900. The molecule has 4 unspecified atom stereocenters. The lowest BCUT2D eigenvalue weighted by atomic mass is 10.1. The van der Waals surface area contributed by atoms with Gasteiger partial charge in [0, 0.05) is 29.1 Å². The molecule has 126 valence electrons. The van der Waals surface area contributed by atoms with Crippen LogP contribution >= 0.6 is 0 Å². The number of rotatable bonds is 3. The molecule has 2 heterocycles. The third-order valence-corrected chi connectivity index (χ3v) is 6.76. The van der Waals surface area contributed by atoms with Gasteiger partial charge < -0.3 is 10.2 Å². The number of amides is 2. The number of nitrogens with one attached hydrogen (secondary N) is 1. The second-order valence-corrected chi connectivity index (χ2v) is 8.05. The van der Waals surface area contributed by atoms with Gasteiger partial charge in [-0.15, -0.1) is 0 Å². The Kier molecular flexibility index (Phi) is 4.94. The summed E-state index contributed by atoms with van der Waals surface area (Å²) in [5.41, 5.74) is 0.385. The number of benzene rings is 1. The van der Waals surface area contributed by atoms with E-state index in [9.17, 15) is 17.8 Å². The Morgan fingerprint density at radius 1 is 1.17 bits per heavy atom. The van der Waals surface area contributed by atoms with E-state index in [2.05, 4.69) is 5.32 Å². The van der Waals surface area contributed by atoms with Crippen LogP contribution in [0.1, 0.15) is 30.9 Å². The molecule has 1 aromatic rings. The molecule has 3 rings (SSSR count). The lowest BCUT2D eigenvalue weighted by Gasteiger charge is -2.27. The van der Waals surface area contributed by atoms with Gasteiger partial charge in [-0.25, -0.2) is 13.6 Å². The summed E-state index contributed by atoms with van der Waals surface area (Å²) in [5.74, 6) is 0. The molecule has 23 heavy (non-hydrogen) atoms. The molecule has 2 aliphatic heterocycles. The number of halogens is 2. The van der Waals surface area contributed by atoms with Gasteiger partial charge in [-0.05, 0) is 24.8 Å². The fourth-order valence-electron chi connectivity index (χ4n) is 3.30. The predicted molar refractivity (Wildman–Crippen MR) is 84.9 cm³/mol. The van der Waals surface area contributed by atoms with Gasteiger partial charge in [0.15, 0.2) is 0 Å². The Morgan fingerprint density at radius 2 is 1.87 bits per heavy atom. The number of urea groups is 1. The molecule has 0 spiro atoms. The van der Waals surface area contributed by atoms with Gasteiger partial charge in [-0.1, -0.05) is 30.3 Å². The van der Waals surface area contributed by atoms with Gasteiger partial charge in [0.25, 0.3) is 6.43 Å². The lowest BCUT2D eigenvalue weighted by Crippen LogP contribution is -2.46. The van der Waals surface area contributed by atoms with E-state index in [-0.39, 0.29) is 10.5 Å². The first-order chi connectivity index (χ1) is 11.1. The van der Waals surface area contributed by atoms with Crippen molar-refractivity contribution < 1.29 is 17.8 Å². The van der Waals surface area contributed by atoms with Crippen LogP contribution in [0.2, 0.25) is 0 Å². The molecule has 0 radical (unpaired) electrons. The van der Waals surface area contributed by atoms with Crippen LogP contribution in [-0.2, 0) is 10.8 Å². The van der Waals surface area contributed by atoms with Crippen molar-refractivity contribution in [1.82, 2.24) is 10.2 Å². The van der Waals surface area contributed by atoms with E-state index in [1.807, 2.05) is 0 Å². The van der Waals surface area contributed by atoms with Crippen molar-refractivity contribution in [2.24, 2.45) is 0 Å². The zero-order valence-corrected chi connectivity index (χ0v) is 13.5. The van der Waals surface area contributed by atoms with Crippen LogP contribution in [0.25, 0.3) is 0 Å². The van der Waals surface area contributed by atoms with Crippen LogP contribution in [0.15, 0.2) is 30.3 Å². The summed E-state index contributed by atoms with van der Waals surface area (Å²) in [6.07, 6.45) is -0.214. The largest absolute Gasteiger partial charge is 0.325 e. The Balaban J connectivity index is 1.69. The molecular weight excluding hydrogens is 322 g/mol. The Labute approximate surface area is 136 Å². The van der Waals surface area contributed by atoms with E-state index < -0.39 is 29.3 Å². The van der Waals surface area contributed by atoms with Gasteiger partial charge in [0.1, 0.15) is 6.04 Å². The summed E-state index contributed by atoms with van der Waals surface area (Å²) in [6.45, 7) is 0.864. The van der Waals surface area contributed by atoms with Gasteiger partial charge in [-0.3, -0.25) is 4.21 Å². The molecule has 4 atom stereocenters. The Morgan fingerprint density at radius 3 is 2.57 bits per heavy atom. The summed E-state index contributed by atoms with van der Waals surface area (Å²) in [5, 5.41) is 2.57. The van der Waals surface area contributed by atoms with Gasteiger partial charge in [0.2, 0.25) is 0 Å². The average Bonchev–Trinajstić information content (AvgIpc) is 2.78. The number of hydrogen-bond acceptors (Lipinski definition) is 2. The summed E-state index contributed by atoms with van der Waals surface area (Å²) < 4.78 is 38.8.